The third-order valence-electron chi connectivity index (χ3n) is 4.04. The number of rotatable bonds is 2. The lowest BCUT2D eigenvalue weighted by Gasteiger charge is -2.09. The Morgan fingerprint density at radius 1 is 1.19 bits per heavy atom. The molecule has 0 atom stereocenters. The minimum absolute atomic E-state index is 0.00606. The molecule has 3 heterocycles. The number of anilines is 1. The number of hydrogen-bond donors (Lipinski definition) is 2. The second-order valence-electron chi connectivity index (χ2n) is 5.54. The van der Waals surface area contributed by atoms with E-state index >= 15 is 0 Å². The summed E-state index contributed by atoms with van der Waals surface area (Å²) in [4.78, 5) is 20.4. The van der Waals surface area contributed by atoms with E-state index in [0.29, 0.717) is 0 Å². The average molecular weight is 319 g/mol. The highest BCUT2D eigenvalue weighted by molar-refractivity contribution is 7.16. The first-order valence-corrected chi connectivity index (χ1v) is 9.05. The van der Waals surface area contributed by atoms with Crippen molar-refractivity contribution in [3.05, 3.63) is 32.0 Å². The van der Waals surface area contributed by atoms with Gasteiger partial charge in [0.15, 0.2) is 5.13 Å². The minimum Gasteiger partial charge on any atom is -0.311 e. The summed E-state index contributed by atoms with van der Waals surface area (Å²) in [5.74, 6) is -0.00606. The van der Waals surface area contributed by atoms with Gasteiger partial charge in [-0.2, -0.15) is 0 Å². The number of carbonyl (C=O) groups excluding carboxylic acids is 1. The Labute approximate surface area is 131 Å². The van der Waals surface area contributed by atoms with Crippen LogP contribution in [0.15, 0.2) is 6.07 Å². The molecule has 0 radical (unpaired) electrons. The summed E-state index contributed by atoms with van der Waals surface area (Å²) in [7, 11) is 0. The standard InChI is InChI=1S/C15H17N3OS2/c19-14(12-7-9-3-1-2-4-11(9)20-12)18-15-17-10-5-6-16-8-13(10)21-15/h7,16H,1-6,8H2,(H,17,18,19). The molecule has 1 amide bonds. The lowest BCUT2D eigenvalue weighted by Crippen LogP contribution is -2.22. The first-order valence-electron chi connectivity index (χ1n) is 7.42. The van der Waals surface area contributed by atoms with Crippen molar-refractivity contribution in [3.63, 3.8) is 0 Å². The van der Waals surface area contributed by atoms with E-state index in [1.807, 2.05) is 0 Å². The quantitative estimate of drug-likeness (QED) is 0.895. The van der Waals surface area contributed by atoms with E-state index in [1.54, 1.807) is 22.7 Å². The summed E-state index contributed by atoms with van der Waals surface area (Å²) < 4.78 is 0. The van der Waals surface area contributed by atoms with Gasteiger partial charge in [-0.05, 0) is 37.3 Å². The Balaban J connectivity index is 1.52. The molecular formula is C15H17N3OS2. The third-order valence-corrected chi connectivity index (χ3v) is 6.29. The van der Waals surface area contributed by atoms with Crippen LogP contribution < -0.4 is 10.6 Å². The van der Waals surface area contributed by atoms with Crippen molar-refractivity contribution in [3.8, 4) is 0 Å². The van der Waals surface area contributed by atoms with Crippen LogP contribution in [0, 0.1) is 0 Å². The number of carbonyl (C=O) groups is 1. The molecule has 2 aromatic rings. The number of aryl methyl sites for hydroxylation is 2. The topological polar surface area (TPSA) is 54.0 Å². The summed E-state index contributed by atoms with van der Waals surface area (Å²) in [6, 6.07) is 2.07. The van der Waals surface area contributed by atoms with Gasteiger partial charge in [0.2, 0.25) is 0 Å². The van der Waals surface area contributed by atoms with Crippen molar-refractivity contribution in [2.75, 3.05) is 11.9 Å². The number of nitrogens with one attached hydrogen (secondary N) is 2. The number of thiazole rings is 1. The van der Waals surface area contributed by atoms with Crippen LogP contribution in [0.2, 0.25) is 0 Å². The Hall–Kier alpha value is -1.24. The van der Waals surface area contributed by atoms with Gasteiger partial charge < -0.3 is 5.32 Å². The van der Waals surface area contributed by atoms with Crippen molar-refractivity contribution < 1.29 is 4.79 Å². The molecule has 6 heteroatoms. The number of fused-ring (bicyclic) bond motifs is 2. The average Bonchev–Trinajstić information content (AvgIpc) is 3.10. The minimum atomic E-state index is -0.00606. The van der Waals surface area contributed by atoms with Gasteiger partial charge in [0.25, 0.3) is 5.91 Å². The van der Waals surface area contributed by atoms with E-state index in [4.69, 9.17) is 0 Å². The van der Waals surface area contributed by atoms with Gasteiger partial charge in [-0.15, -0.1) is 22.7 Å². The summed E-state index contributed by atoms with van der Waals surface area (Å²) in [5, 5.41) is 7.04. The van der Waals surface area contributed by atoms with E-state index in [9.17, 15) is 4.79 Å². The largest absolute Gasteiger partial charge is 0.311 e. The number of hydrogen-bond acceptors (Lipinski definition) is 5. The van der Waals surface area contributed by atoms with Gasteiger partial charge in [-0.25, -0.2) is 4.98 Å². The molecule has 0 spiro atoms. The fraction of sp³-hybridized carbons (Fsp3) is 0.467. The zero-order chi connectivity index (χ0) is 14.2. The maximum absolute atomic E-state index is 12.4. The second-order valence-corrected chi connectivity index (χ2v) is 7.76. The van der Waals surface area contributed by atoms with Crippen molar-refractivity contribution in [2.24, 2.45) is 0 Å². The first kappa shape index (κ1) is 13.4. The lowest BCUT2D eigenvalue weighted by molar-refractivity contribution is 0.103. The maximum Gasteiger partial charge on any atom is 0.267 e. The Morgan fingerprint density at radius 3 is 2.95 bits per heavy atom. The van der Waals surface area contributed by atoms with Crippen LogP contribution in [0.5, 0.6) is 0 Å². The number of thiophene rings is 1. The molecule has 0 fully saturated rings. The predicted molar refractivity (Wildman–Crippen MR) is 86.4 cm³/mol. The second kappa shape index (κ2) is 5.51. The summed E-state index contributed by atoms with van der Waals surface area (Å²) in [6.45, 7) is 1.85. The molecule has 0 saturated carbocycles. The highest BCUT2D eigenvalue weighted by Crippen LogP contribution is 2.31. The molecule has 4 nitrogen and oxygen atoms in total. The molecule has 21 heavy (non-hydrogen) atoms. The molecule has 0 bridgehead atoms. The highest BCUT2D eigenvalue weighted by Gasteiger charge is 2.20. The van der Waals surface area contributed by atoms with Crippen molar-refractivity contribution in [1.82, 2.24) is 10.3 Å². The van der Waals surface area contributed by atoms with Crippen molar-refractivity contribution in [1.29, 1.82) is 0 Å². The van der Waals surface area contributed by atoms with Crippen LogP contribution in [0.25, 0.3) is 0 Å². The van der Waals surface area contributed by atoms with E-state index in [0.717, 1.165) is 48.1 Å². The number of amides is 1. The molecule has 4 rings (SSSR count). The molecule has 0 unspecified atom stereocenters. The van der Waals surface area contributed by atoms with Gasteiger partial charge in [0.1, 0.15) is 0 Å². The van der Waals surface area contributed by atoms with Crippen LogP contribution in [0.1, 0.15) is 43.5 Å². The molecule has 110 valence electrons. The van der Waals surface area contributed by atoms with E-state index in [-0.39, 0.29) is 5.91 Å². The summed E-state index contributed by atoms with van der Waals surface area (Å²) in [6.07, 6.45) is 5.70. The zero-order valence-electron chi connectivity index (χ0n) is 11.7. The summed E-state index contributed by atoms with van der Waals surface area (Å²) in [5.41, 5.74) is 2.51. The molecule has 0 saturated heterocycles. The van der Waals surface area contributed by atoms with Crippen LogP contribution in [-0.2, 0) is 25.8 Å². The van der Waals surface area contributed by atoms with Gasteiger partial charge in [-0.3, -0.25) is 10.1 Å². The normalized spacial score (nSPS) is 17.1. The fourth-order valence-electron chi connectivity index (χ4n) is 2.94. The smallest absolute Gasteiger partial charge is 0.267 e. The fourth-order valence-corrected chi connectivity index (χ4v) is 5.06. The SMILES string of the molecule is O=C(Nc1nc2c(s1)CNCC2)c1cc2c(s1)CCCC2. The van der Waals surface area contributed by atoms with Crippen LogP contribution >= 0.6 is 22.7 Å². The van der Waals surface area contributed by atoms with Gasteiger partial charge in [0.05, 0.1) is 10.6 Å². The predicted octanol–water partition coefficient (Wildman–Crippen LogP) is 2.98. The van der Waals surface area contributed by atoms with E-state index < -0.39 is 0 Å². The monoisotopic (exact) mass is 319 g/mol. The number of nitrogens with zero attached hydrogens (tertiary/aromatic N) is 1. The Kier molecular flexibility index (Phi) is 3.52. The maximum atomic E-state index is 12.4. The lowest BCUT2D eigenvalue weighted by atomic mass is 9.99. The van der Waals surface area contributed by atoms with Crippen LogP contribution in [0.3, 0.4) is 0 Å². The zero-order valence-corrected chi connectivity index (χ0v) is 13.3. The van der Waals surface area contributed by atoms with Gasteiger partial charge in [-0.1, -0.05) is 0 Å². The van der Waals surface area contributed by atoms with Crippen LogP contribution in [-0.4, -0.2) is 17.4 Å². The Morgan fingerprint density at radius 2 is 2.10 bits per heavy atom. The van der Waals surface area contributed by atoms with E-state index in [2.05, 4.69) is 21.7 Å². The van der Waals surface area contributed by atoms with E-state index in [1.165, 1.54) is 28.2 Å². The van der Waals surface area contributed by atoms with Gasteiger partial charge in [0, 0.05) is 29.3 Å². The van der Waals surface area contributed by atoms with Crippen molar-refractivity contribution >= 4 is 33.7 Å². The molecule has 0 aromatic carbocycles. The molecule has 1 aliphatic carbocycles. The molecular weight excluding hydrogens is 302 g/mol. The molecule has 1 aliphatic heterocycles. The molecule has 2 N–H and O–H groups in total. The molecule has 2 aliphatic rings. The third kappa shape index (κ3) is 2.63. The van der Waals surface area contributed by atoms with Crippen LogP contribution in [0.4, 0.5) is 5.13 Å². The van der Waals surface area contributed by atoms with Gasteiger partial charge >= 0.3 is 0 Å². The first-order chi connectivity index (χ1) is 10.3. The number of aromatic nitrogens is 1. The summed E-state index contributed by atoms with van der Waals surface area (Å²) >= 11 is 3.24. The Bertz CT molecular complexity index is 642. The van der Waals surface area contributed by atoms with Crippen molar-refractivity contribution in [2.45, 2.75) is 38.6 Å². The molecule has 2 aromatic heterocycles. The highest BCUT2D eigenvalue weighted by atomic mass is 32.1.